The monoisotopic (exact) mass is 335 g/mol. The second-order valence-electron chi connectivity index (χ2n) is 6.45. The summed E-state index contributed by atoms with van der Waals surface area (Å²) in [5.41, 5.74) is 3.61. The molecule has 128 valence electrons. The number of fused-ring (bicyclic) bond motifs is 1. The van der Waals surface area contributed by atoms with E-state index in [4.69, 9.17) is 0 Å². The Hall–Kier alpha value is -2.66. The number of nitrogens with zero attached hydrogens (tertiary/aromatic N) is 2. The first-order valence-corrected chi connectivity index (χ1v) is 8.75. The lowest BCUT2D eigenvalue weighted by atomic mass is 10.0. The lowest BCUT2D eigenvalue weighted by molar-refractivity contribution is -0.118. The summed E-state index contributed by atoms with van der Waals surface area (Å²) >= 11 is 0. The van der Waals surface area contributed by atoms with Crippen molar-refractivity contribution in [2.24, 2.45) is 0 Å². The number of amides is 2. The number of hydrogen-bond donors (Lipinski definition) is 1. The zero-order chi connectivity index (χ0) is 17.2. The Morgan fingerprint density at radius 3 is 2.40 bits per heavy atom. The van der Waals surface area contributed by atoms with E-state index in [0.29, 0.717) is 12.0 Å². The summed E-state index contributed by atoms with van der Waals surface area (Å²) in [5.74, 6) is 0.151. The second-order valence-corrected chi connectivity index (χ2v) is 6.45. The van der Waals surface area contributed by atoms with E-state index in [-0.39, 0.29) is 11.8 Å². The third kappa shape index (κ3) is 3.03. The van der Waals surface area contributed by atoms with Gasteiger partial charge >= 0.3 is 0 Å². The van der Waals surface area contributed by atoms with E-state index in [1.807, 2.05) is 47.4 Å². The number of aryl methyl sites for hydroxylation is 1. The number of nitrogens with one attached hydrogen (secondary N) is 1. The molecule has 2 aromatic rings. The van der Waals surface area contributed by atoms with Crippen LogP contribution >= 0.6 is 0 Å². The van der Waals surface area contributed by atoms with Crippen LogP contribution in [0, 0.1) is 0 Å². The second kappa shape index (κ2) is 6.69. The Bertz CT molecular complexity index is 795. The van der Waals surface area contributed by atoms with Crippen molar-refractivity contribution in [2.45, 2.75) is 12.8 Å². The zero-order valence-electron chi connectivity index (χ0n) is 14.1. The molecule has 0 spiro atoms. The minimum atomic E-state index is 0.0541. The molecule has 5 nitrogen and oxygen atoms in total. The topological polar surface area (TPSA) is 52.7 Å². The van der Waals surface area contributed by atoms with Crippen LogP contribution < -0.4 is 10.2 Å². The molecule has 2 amide bonds. The van der Waals surface area contributed by atoms with Crippen molar-refractivity contribution in [1.82, 2.24) is 10.2 Å². The van der Waals surface area contributed by atoms with Crippen molar-refractivity contribution in [3.05, 3.63) is 59.7 Å². The van der Waals surface area contributed by atoms with Gasteiger partial charge in [-0.05, 0) is 42.3 Å². The van der Waals surface area contributed by atoms with Gasteiger partial charge in [-0.1, -0.05) is 18.2 Å². The maximum atomic E-state index is 12.6. The van der Waals surface area contributed by atoms with Gasteiger partial charge in [0.05, 0.1) is 5.69 Å². The van der Waals surface area contributed by atoms with Gasteiger partial charge in [0.1, 0.15) is 0 Å². The van der Waals surface area contributed by atoms with Gasteiger partial charge in [-0.25, -0.2) is 0 Å². The van der Waals surface area contributed by atoms with Gasteiger partial charge in [0, 0.05) is 43.9 Å². The number of carbonyl (C=O) groups excluding carboxylic acids is 2. The summed E-state index contributed by atoms with van der Waals surface area (Å²) in [5, 5.41) is 3.25. The number of piperazine rings is 1. The average Bonchev–Trinajstić information content (AvgIpc) is 2.68. The predicted molar refractivity (Wildman–Crippen MR) is 97.1 cm³/mol. The highest BCUT2D eigenvalue weighted by molar-refractivity contribution is 6.03. The van der Waals surface area contributed by atoms with Gasteiger partial charge in [-0.2, -0.15) is 0 Å². The Morgan fingerprint density at radius 2 is 1.64 bits per heavy atom. The molecule has 0 aromatic heterocycles. The first-order chi connectivity index (χ1) is 12.2. The van der Waals surface area contributed by atoms with E-state index in [0.717, 1.165) is 44.0 Å². The van der Waals surface area contributed by atoms with Crippen LogP contribution in [0.25, 0.3) is 0 Å². The third-order valence-electron chi connectivity index (χ3n) is 4.87. The average molecular weight is 335 g/mol. The molecule has 4 rings (SSSR count). The molecule has 25 heavy (non-hydrogen) atoms. The predicted octanol–water partition coefficient (Wildman–Crippen LogP) is 2.34. The molecule has 0 bridgehead atoms. The molecule has 1 saturated heterocycles. The van der Waals surface area contributed by atoms with Crippen LogP contribution in [-0.4, -0.2) is 42.9 Å². The van der Waals surface area contributed by atoms with Crippen LogP contribution in [-0.2, 0) is 11.2 Å². The summed E-state index contributed by atoms with van der Waals surface area (Å²) in [7, 11) is 0. The zero-order valence-corrected chi connectivity index (χ0v) is 14.1. The maximum Gasteiger partial charge on any atom is 0.253 e. The van der Waals surface area contributed by atoms with Crippen LogP contribution in [0.5, 0.6) is 0 Å². The fourth-order valence-electron chi connectivity index (χ4n) is 3.51. The maximum absolute atomic E-state index is 12.6. The van der Waals surface area contributed by atoms with Crippen molar-refractivity contribution < 1.29 is 9.59 Å². The standard InChI is InChI=1S/C20H21N3O2/c24-19-10-7-15-3-1-2-4-18(15)23(19)17-8-5-16(6-9-17)20(25)22-13-11-21-12-14-22/h1-6,8-9,21H,7,10-14H2. The Morgan fingerprint density at radius 1 is 0.920 bits per heavy atom. The number of para-hydroxylation sites is 1. The van der Waals surface area contributed by atoms with Crippen molar-refractivity contribution in [1.29, 1.82) is 0 Å². The summed E-state index contributed by atoms with van der Waals surface area (Å²) in [6.45, 7) is 3.14. The minimum absolute atomic E-state index is 0.0541. The molecule has 0 radical (unpaired) electrons. The molecule has 2 aliphatic heterocycles. The van der Waals surface area contributed by atoms with Crippen LogP contribution in [0.1, 0.15) is 22.3 Å². The summed E-state index contributed by atoms with van der Waals surface area (Å²) in [6.07, 6.45) is 1.30. The smallest absolute Gasteiger partial charge is 0.253 e. The van der Waals surface area contributed by atoms with Gasteiger partial charge in [0.25, 0.3) is 5.91 Å². The Kier molecular flexibility index (Phi) is 4.24. The quantitative estimate of drug-likeness (QED) is 0.916. The number of carbonyl (C=O) groups is 2. The molecule has 0 saturated carbocycles. The van der Waals surface area contributed by atoms with E-state index in [1.54, 1.807) is 4.90 Å². The van der Waals surface area contributed by atoms with Crippen molar-refractivity contribution in [3.63, 3.8) is 0 Å². The summed E-state index contributed by atoms with van der Waals surface area (Å²) in [4.78, 5) is 28.7. The number of hydrogen-bond acceptors (Lipinski definition) is 3. The largest absolute Gasteiger partial charge is 0.336 e. The van der Waals surface area contributed by atoms with E-state index >= 15 is 0 Å². The lowest BCUT2D eigenvalue weighted by Crippen LogP contribution is -2.46. The molecule has 5 heteroatoms. The van der Waals surface area contributed by atoms with E-state index in [1.165, 1.54) is 5.56 Å². The molecular formula is C20H21N3O2. The normalized spacial score (nSPS) is 17.4. The van der Waals surface area contributed by atoms with Crippen molar-refractivity contribution in [3.8, 4) is 0 Å². The number of benzene rings is 2. The van der Waals surface area contributed by atoms with Gasteiger partial charge in [-0.3, -0.25) is 14.5 Å². The van der Waals surface area contributed by atoms with Crippen molar-refractivity contribution >= 4 is 23.2 Å². The van der Waals surface area contributed by atoms with E-state index < -0.39 is 0 Å². The molecule has 2 heterocycles. The molecule has 1 fully saturated rings. The highest BCUT2D eigenvalue weighted by atomic mass is 16.2. The van der Waals surface area contributed by atoms with E-state index in [2.05, 4.69) is 11.4 Å². The van der Waals surface area contributed by atoms with Crippen LogP contribution in [0.15, 0.2) is 48.5 Å². The van der Waals surface area contributed by atoms with Crippen LogP contribution in [0.4, 0.5) is 11.4 Å². The van der Waals surface area contributed by atoms with E-state index in [9.17, 15) is 9.59 Å². The number of rotatable bonds is 2. The van der Waals surface area contributed by atoms with Gasteiger partial charge < -0.3 is 10.2 Å². The van der Waals surface area contributed by atoms with Gasteiger partial charge in [0.2, 0.25) is 5.91 Å². The summed E-state index contributed by atoms with van der Waals surface area (Å²) in [6, 6.07) is 15.4. The first-order valence-electron chi connectivity index (χ1n) is 8.75. The van der Waals surface area contributed by atoms with Gasteiger partial charge in [0.15, 0.2) is 0 Å². The highest BCUT2D eigenvalue weighted by Crippen LogP contribution is 2.34. The Balaban J connectivity index is 1.60. The molecule has 0 aliphatic carbocycles. The molecule has 2 aromatic carbocycles. The molecule has 1 N–H and O–H groups in total. The fraction of sp³-hybridized carbons (Fsp3) is 0.300. The lowest BCUT2D eigenvalue weighted by Gasteiger charge is -2.30. The minimum Gasteiger partial charge on any atom is -0.336 e. The molecule has 0 atom stereocenters. The fourth-order valence-corrected chi connectivity index (χ4v) is 3.51. The highest BCUT2D eigenvalue weighted by Gasteiger charge is 2.25. The first kappa shape index (κ1) is 15.8. The van der Waals surface area contributed by atoms with Crippen LogP contribution in [0.2, 0.25) is 0 Å². The number of anilines is 2. The summed E-state index contributed by atoms with van der Waals surface area (Å²) < 4.78 is 0. The SMILES string of the molecule is O=C(c1ccc(N2C(=O)CCc3ccccc32)cc1)N1CCNCC1. The molecule has 2 aliphatic rings. The van der Waals surface area contributed by atoms with Crippen LogP contribution in [0.3, 0.4) is 0 Å². The van der Waals surface area contributed by atoms with Crippen molar-refractivity contribution in [2.75, 3.05) is 31.1 Å². The Labute approximate surface area is 147 Å². The molecule has 0 unspecified atom stereocenters. The molecular weight excluding hydrogens is 314 g/mol. The van der Waals surface area contributed by atoms with Gasteiger partial charge in [-0.15, -0.1) is 0 Å². The third-order valence-corrected chi connectivity index (χ3v) is 4.87.